The summed E-state index contributed by atoms with van der Waals surface area (Å²) in [5.74, 6) is -2.59. The van der Waals surface area contributed by atoms with E-state index in [1.165, 1.54) is 11.0 Å². The van der Waals surface area contributed by atoms with Crippen LogP contribution in [0.3, 0.4) is 0 Å². The molecule has 3 rings (SSSR count). The van der Waals surface area contributed by atoms with Gasteiger partial charge < -0.3 is 14.5 Å². The summed E-state index contributed by atoms with van der Waals surface area (Å²) in [6, 6.07) is 2.52. The summed E-state index contributed by atoms with van der Waals surface area (Å²) in [5, 5.41) is 0. The Bertz CT molecular complexity index is 617. The van der Waals surface area contributed by atoms with Crippen molar-refractivity contribution >= 4 is 11.8 Å². The van der Waals surface area contributed by atoms with Gasteiger partial charge in [-0.2, -0.15) is 0 Å². The number of benzene rings is 1. The van der Waals surface area contributed by atoms with E-state index in [4.69, 9.17) is 4.74 Å². The Morgan fingerprint density at radius 3 is 2.52 bits per heavy atom. The second-order valence-corrected chi connectivity index (χ2v) is 5.72. The van der Waals surface area contributed by atoms with Gasteiger partial charge in [0.15, 0.2) is 11.6 Å². The summed E-state index contributed by atoms with van der Waals surface area (Å²) in [4.78, 5) is 28.3. The van der Waals surface area contributed by atoms with Crippen molar-refractivity contribution in [3.63, 3.8) is 0 Å². The van der Waals surface area contributed by atoms with Crippen LogP contribution in [0, 0.1) is 11.6 Å². The van der Waals surface area contributed by atoms with Gasteiger partial charge in [-0.3, -0.25) is 9.59 Å². The summed E-state index contributed by atoms with van der Waals surface area (Å²) < 4.78 is 31.6. The average Bonchev–Trinajstić information content (AvgIpc) is 3.06. The molecule has 2 fully saturated rings. The Morgan fingerprint density at radius 2 is 1.83 bits per heavy atom. The highest BCUT2D eigenvalue weighted by Gasteiger charge is 2.37. The Balaban J connectivity index is 1.76. The fraction of sp³-hybridized carbons (Fsp3) is 0.500. The van der Waals surface area contributed by atoms with E-state index in [0.29, 0.717) is 39.3 Å². The van der Waals surface area contributed by atoms with E-state index < -0.39 is 23.6 Å². The first-order chi connectivity index (χ1) is 11.1. The zero-order valence-corrected chi connectivity index (χ0v) is 12.6. The van der Waals surface area contributed by atoms with Crippen molar-refractivity contribution in [1.29, 1.82) is 0 Å². The third-order valence-electron chi connectivity index (χ3n) is 4.29. The standard InChI is InChI=1S/C16H18F2N2O3/c17-12-4-3-11(10-13(12)18)15(21)20-5-1-2-14(20)16(22)19-6-8-23-9-7-19/h3-4,10,14H,1-2,5-9H2/t14-/m0/s1. The molecular weight excluding hydrogens is 306 g/mol. The number of carbonyl (C=O) groups is 2. The van der Waals surface area contributed by atoms with E-state index in [2.05, 4.69) is 0 Å². The molecule has 2 saturated heterocycles. The van der Waals surface area contributed by atoms with Crippen LogP contribution in [0.15, 0.2) is 18.2 Å². The van der Waals surface area contributed by atoms with E-state index in [0.717, 1.165) is 18.6 Å². The predicted molar refractivity (Wildman–Crippen MR) is 77.8 cm³/mol. The van der Waals surface area contributed by atoms with Gasteiger partial charge in [-0.25, -0.2) is 8.78 Å². The zero-order valence-electron chi connectivity index (χ0n) is 12.6. The number of hydrogen-bond donors (Lipinski definition) is 0. The van der Waals surface area contributed by atoms with Crippen LogP contribution in [-0.4, -0.2) is 60.5 Å². The first kappa shape index (κ1) is 15.9. The zero-order chi connectivity index (χ0) is 16.4. The van der Waals surface area contributed by atoms with Gasteiger partial charge in [0.2, 0.25) is 5.91 Å². The SMILES string of the molecule is O=C([C@@H]1CCCN1C(=O)c1ccc(F)c(F)c1)N1CCOCC1. The molecule has 0 saturated carbocycles. The number of likely N-dealkylation sites (tertiary alicyclic amines) is 1. The lowest BCUT2D eigenvalue weighted by atomic mass is 10.1. The topological polar surface area (TPSA) is 49.9 Å². The van der Waals surface area contributed by atoms with Crippen molar-refractivity contribution in [1.82, 2.24) is 9.80 Å². The van der Waals surface area contributed by atoms with Gasteiger partial charge in [-0.1, -0.05) is 0 Å². The van der Waals surface area contributed by atoms with Crippen molar-refractivity contribution in [2.75, 3.05) is 32.8 Å². The van der Waals surface area contributed by atoms with E-state index in [1.54, 1.807) is 4.90 Å². The quantitative estimate of drug-likeness (QED) is 0.827. The third kappa shape index (κ3) is 3.19. The molecule has 7 heteroatoms. The molecule has 5 nitrogen and oxygen atoms in total. The van der Waals surface area contributed by atoms with Crippen LogP contribution < -0.4 is 0 Å². The van der Waals surface area contributed by atoms with Gasteiger partial charge in [0.05, 0.1) is 13.2 Å². The number of hydrogen-bond acceptors (Lipinski definition) is 3. The first-order valence-corrected chi connectivity index (χ1v) is 7.70. The Kier molecular flexibility index (Phi) is 4.56. The Labute approximate surface area is 132 Å². The summed E-state index contributed by atoms with van der Waals surface area (Å²) in [7, 11) is 0. The highest BCUT2D eigenvalue weighted by Crippen LogP contribution is 2.23. The maximum absolute atomic E-state index is 13.3. The molecule has 2 heterocycles. The van der Waals surface area contributed by atoms with Gasteiger partial charge >= 0.3 is 0 Å². The lowest BCUT2D eigenvalue weighted by molar-refractivity contribution is -0.139. The van der Waals surface area contributed by atoms with E-state index in [-0.39, 0.29) is 11.5 Å². The molecule has 1 aromatic carbocycles. The van der Waals surface area contributed by atoms with Crippen LogP contribution in [0.4, 0.5) is 8.78 Å². The van der Waals surface area contributed by atoms with Gasteiger partial charge in [-0.05, 0) is 31.0 Å². The minimum absolute atomic E-state index is 0.0607. The maximum Gasteiger partial charge on any atom is 0.254 e. The van der Waals surface area contributed by atoms with Crippen molar-refractivity contribution in [2.45, 2.75) is 18.9 Å². The van der Waals surface area contributed by atoms with Gasteiger partial charge in [0.1, 0.15) is 6.04 Å². The van der Waals surface area contributed by atoms with E-state index in [9.17, 15) is 18.4 Å². The van der Waals surface area contributed by atoms with Gasteiger partial charge in [-0.15, -0.1) is 0 Å². The molecule has 0 radical (unpaired) electrons. The lowest BCUT2D eigenvalue weighted by Crippen LogP contribution is -2.51. The first-order valence-electron chi connectivity index (χ1n) is 7.70. The van der Waals surface area contributed by atoms with Crippen LogP contribution in [0.1, 0.15) is 23.2 Å². The normalized spacial score (nSPS) is 21.6. The van der Waals surface area contributed by atoms with Crippen molar-refractivity contribution in [3.05, 3.63) is 35.4 Å². The van der Waals surface area contributed by atoms with E-state index >= 15 is 0 Å². The van der Waals surface area contributed by atoms with Gasteiger partial charge in [0.25, 0.3) is 5.91 Å². The second kappa shape index (κ2) is 6.62. The maximum atomic E-state index is 13.3. The number of rotatable bonds is 2. The molecule has 0 bridgehead atoms. The van der Waals surface area contributed by atoms with Crippen LogP contribution in [-0.2, 0) is 9.53 Å². The lowest BCUT2D eigenvalue weighted by Gasteiger charge is -2.32. The number of halogens is 2. The van der Waals surface area contributed by atoms with Crippen molar-refractivity contribution in [3.8, 4) is 0 Å². The van der Waals surface area contributed by atoms with Gasteiger partial charge in [0, 0.05) is 25.2 Å². The molecule has 1 aromatic rings. The summed E-state index contributed by atoms with van der Waals surface area (Å²) in [6.45, 7) is 2.47. The second-order valence-electron chi connectivity index (χ2n) is 5.72. The molecular formula is C16H18F2N2O3. The Hall–Kier alpha value is -2.02. The number of morpholine rings is 1. The molecule has 0 N–H and O–H groups in total. The molecule has 0 spiro atoms. The van der Waals surface area contributed by atoms with Crippen LogP contribution in [0.5, 0.6) is 0 Å². The summed E-state index contributed by atoms with van der Waals surface area (Å²) in [6.07, 6.45) is 1.31. The highest BCUT2D eigenvalue weighted by atomic mass is 19.2. The van der Waals surface area contributed by atoms with Crippen LogP contribution in [0.2, 0.25) is 0 Å². The average molecular weight is 324 g/mol. The number of amides is 2. The monoisotopic (exact) mass is 324 g/mol. The highest BCUT2D eigenvalue weighted by molar-refractivity contribution is 5.98. The van der Waals surface area contributed by atoms with Crippen molar-refractivity contribution < 1.29 is 23.1 Å². The Morgan fingerprint density at radius 1 is 1.09 bits per heavy atom. The van der Waals surface area contributed by atoms with Crippen LogP contribution in [0.25, 0.3) is 0 Å². The molecule has 0 aliphatic carbocycles. The number of carbonyl (C=O) groups excluding carboxylic acids is 2. The van der Waals surface area contributed by atoms with Crippen LogP contribution >= 0.6 is 0 Å². The minimum Gasteiger partial charge on any atom is -0.378 e. The number of ether oxygens (including phenoxy) is 1. The molecule has 2 aliphatic rings. The van der Waals surface area contributed by atoms with E-state index in [1.807, 2.05) is 0 Å². The predicted octanol–water partition coefficient (Wildman–Crippen LogP) is 1.43. The molecule has 23 heavy (non-hydrogen) atoms. The molecule has 2 amide bonds. The summed E-state index contributed by atoms with van der Waals surface area (Å²) in [5.41, 5.74) is 0.0607. The van der Waals surface area contributed by atoms with Crippen molar-refractivity contribution in [2.24, 2.45) is 0 Å². The fourth-order valence-electron chi connectivity index (χ4n) is 3.06. The minimum atomic E-state index is -1.06. The number of nitrogens with zero attached hydrogens (tertiary/aromatic N) is 2. The smallest absolute Gasteiger partial charge is 0.254 e. The molecule has 0 unspecified atom stereocenters. The fourth-order valence-corrected chi connectivity index (χ4v) is 3.06. The molecule has 1 atom stereocenters. The largest absolute Gasteiger partial charge is 0.378 e. The molecule has 0 aromatic heterocycles. The molecule has 2 aliphatic heterocycles. The molecule has 124 valence electrons. The third-order valence-corrected chi connectivity index (χ3v) is 4.29. The summed E-state index contributed by atoms with van der Waals surface area (Å²) >= 11 is 0.